The first kappa shape index (κ1) is 30.7. The van der Waals surface area contributed by atoms with Gasteiger partial charge in [0.1, 0.15) is 23.9 Å². The minimum atomic E-state index is -0.756. The molecule has 2 aromatic heterocycles. The molecule has 14 heteroatoms. The monoisotopic (exact) mass is 620 g/mol. The molecule has 3 aromatic rings. The summed E-state index contributed by atoms with van der Waals surface area (Å²) in [5, 5.41) is 17.0. The molecule has 3 aliphatic heterocycles. The highest BCUT2D eigenvalue weighted by Crippen LogP contribution is 2.25. The average molecular weight is 621 g/mol. The molecular weight excluding hydrogens is 580 g/mol. The number of aliphatic hydroxyl groups is 1. The molecular formula is C31H40N8O6. The fourth-order valence-corrected chi connectivity index (χ4v) is 5.63. The molecule has 0 radical (unpaired) electrons. The SMILES string of the molecule is CC(=O)N1CCN(c2nc(NC3COC3)cc(C(=O)NCC(O)CN3CCc4cc(OCc5ocnc5C)ccc4C3)n2)CC1. The molecule has 2 amide bonds. The van der Waals surface area contributed by atoms with Crippen LogP contribution in [0.5, 0.6) is 5.75 Å². The van der Waals surface area contributed by atoms with E-state index in [1.165, 1.54) is 17.5 Å². The third-order valence-electron chi connectivity index (χ3n) is 8.40. The van der Waals surface area contributed by atoms with E-state index in [1.54, 1.807) is 17.9 Å². The summed E-state index contributed by atoms with van der Waals surface area (Å²) in [7, 11) is 0. The number of ether oxygens (including phenoxy) is 2. The molecule has 1 aromatic carbocycles. The summed E-state index contributed by atoms with van der Waals surface area (Å²) in [4.78, 5) is 44.2. The van der Waals surface area contributed by atoms with E-state index in [1.807, 2.05) is 17.9 Å². The highest BCUT2D eigenvalue weighted by Gasteiger charge is 2.25. The lowest BCUT2D eigenvalue weighted by atomic mass is 9.99. The molecule has 0 aliphatic carbocycles. The van der Waals surface area contributed by atoms with Crippen LogP contribution in [0.1, 0.15) is 40.0 Å². The van der Waals surface area contributed by atoms with Crippen LogP contribution < -0.4 is 20.3 Å². The predicted molar refractivity (Wildman–Crippen MR) is 164 cm³/mol. The highest BCUT2D eigenvalue weighted by molar-refractivity contribution is 5.93. The lowest BCUT2D eigenvalue weighted by Crippen LogP contribution is -2.49. The van der Waals surface area contributed by atoms with Crippen LogP contribution in [-0.2, 0) is 29.1 Å². The molecule has 0 spiro atoms. The Kier molecular flexibility index (Phi) is 9.42. The molecule has 5 heterocycles. The Hall–Kier alpha value is -4.27. The number of amides is 2. The summed E-state index contributed by atoms with van der Waals surface area (Å²) in [5.41, 5.74) is 3.45. The predicted octanol–water partition coefficient (Wildman–Crippen LogP) is 0.980. The quantitative estimate of drug-likeness (QED) is 0.280. The minimum absolute atomic E-state index is 0.0392. The minimum Gasteiger partial charge on any atom is -0.486 e. The number of aliphatic hydroxyl groups excluding tert-OH is 1. The number of carbonyl (C=O) groups excluding carboxylic acids is 2. The van der Waals surface area contributed by atoms with Gasteiger partial charge in [-0.25, -0.2) is 9.97 Å². The Balaban J connectivity index is 1.02. The van der Waals surface area contributed by atoms with Gasteiger partial charge in [0.25, 0.3) is 5.91 Å². The number of piperazine rings is 1. The average Bonchev–Trinajstić information content (AvgIpc) is 3.44. The number of rotatable bonds is 11. The van der Waals surface area contributed by atoms with E-state index >= 15 is 0 Å². The zero-order chi connectivity index (χ0) is 31.3. The van der Waals surface area contributed by atoms with Crippen LogP contribution in [-0.4, -0.2) is 113 Å². The lowest BCUT2D eigenvalue weighted by molar-refractivity contribution is -0.129. The molecule has 0 saturated carbocycles. The lowest BCUT2D eigenvalue weighted by Gasteiger charge is -2.34. The number of β-amino-alcohol motifs (C(OH)–C–C–N with tert-alkyl or cyclic N) is 1. The number of aryl methyl sites for hydroxylation is 1. The molecule has 240 valence electrons. The number of nitrogens with zero attached hydrogens (tertiary/aromatic N) is 6. The van der Waals surface area contributed by atoms with Crippen LogP contribution in [0, 0.1) is 6.92 Å². The third kappa shape index (κ3) is 7.70. The van der Waals surface area contributed by atoms with Crippen molar-refractivity contribution in [3.63, 3.8) is 0 Å². The van der Waals surface area contributed by atoms with Gasteiger partial charge in [0.2, 0.25) is 11.9 Å². The van der Waals surface area contributed by atoms with E-state index in [0.717, 1.165) is 24.4 Å². The molecule has 2 saturated heterocycles. The largest absolute Gasteiger partial charge is 0.486 e. The number of hydrogen-bond acceptors (Lipinski definition) is 12. The number of aromatic nitrogens is 3. The van der Waals surface area contributed by atoms with Crippen LogP contribution in [0.3, 0.4) is 0 Å². The summed E-state index contributed by atoms with van der Waals surface area (Å²) < 4.78 is 16.5. The van der Waals surface area contributed by atoms with Crippen LogP contribution in [0.4, 0.5) is 11.8 Å². The molecule has 3 N–H and O–H groups in total. The first-order valence-electron chi connectivity index (χ1n) is 15.4. The number of oxazole rings is 1. The summed E-state index contributed by atoms with van der Waals surface area (Å²) in [6.07, 6.45) is 1.50. The van der Waals surface area contributed by atoms with E-state index in [4.69, 9.17) is 13.9 Å². The maximum atomic E-state index is 13.2. The van der Waals surface area contributed by atoms with Gasteiger partial charge in [0.15, 0.2) is 12.2 Å². The Morgan fingerprint density at radius 3 is 2.64 bits per heavy atom. The number of carbonyl (C=O) groups is 2. The van der Waals surface area contributed by atoms with Gasteiger partial charge in [-0.1, -0.05) is 6.07 Å². The van der Waals surface area contributed by atoms with Crippen LogP contribution in [0.25, 0.3) is 0 Å². The van der Waals surface area contributed by atoms with Crippen molar-refractivity contribution in [1.29, 1.82) is 0 Å². The Morgan fingerprint density at radius 2 is 1.93 bits per heavy atom. The second kappa shape index (κ2) is 13.8. The zero-order valence-electron chi connectivity index (χ0n) is 25.7. The van der Waals surface area contributed by atoms with E-state index in [-0.39, 0.29) is 30.1 Å². The molecule has 1 unspecified atom stereocenters. The Labute approximate surface area is 261 Å². The van der Waals surface area contributed by atoms with Crippen molar-refractivity contribution >= 4 is 23.6 Å². The number of benzene rings is 1. The van der Waals surface area contributed by atoms with Crippen LogP contribution in [0.15, 0.2) is 35.1 Å². The standard InChI is InChI=1S/C31H40N8O6/c1-20-28(45-19-33-20)18-44-26-4-3-23-14-37(6-5-22(23)11-26)15-25(41)13-32-30(42)27-12-29(34-24-16-43-17-24)36-31(35-27)39-9-7-38(8-10-39)21(2)40/h3-4,11-12,19,24-25,41H,5-10,13-18H2,1-2H3,(H,32,42)(H,34,35,36). The normalized spacial score (nSPS) is 17.8. The second-order valence-electron chi connectivity index (χ2n) is 11.7. The molecule has 0 bridgehead atoms. The van der Waals surface area contributed by atoms with Crippen molar-refractivity contribution in [2.24, 2.45) is 0 Å². The summed E-state index contributed by atoms with van der Waals surface area (Å²) in [6, 6.07) is 7.83. The topological polar surface area (TPSA) is 158 Å². The zero-order valence-corrected chi connectivity index (χ0v) is 25.7. The summed E-state index contributed by atoms with van der Waals surface area (Å²) in [6.45, 7) is 9.21. The fourth-order valence-electron chi connectivity index (χ4n) is 5.63. The van der Waals surface area contributed by atoms with E-state index < -0.39 is 6.10 Å². The number of fused-ring (bicyclic) bond motifs is 1. The van der Waals surface area contributed by atoms with E-state index in [9.17, 15) is 14.7 Å². The van der Waals surface area contributed by atoms with Crippen LogP contribution in [0.2, 0.25) is 0 Å². The van der Waals surface area contributed by atoms with Gasteiger partial charge in [-0.2, -0.15) is 4.98 Å². The van der Waals surface area contributed by atoms with Gasteiger partial charge in [-0.15, -0.1) is 0 Å². The van der Waals surface area contributed by atoms with Gasteiger partial charge in [0, 0.05) is 65.3 Å². The van der Waals surface area contributed by atoms with Crippen molar-refractivity contribution in [2.75, 3.05) is 69.2 Å². The molecule has 45 heavy (non-hydrogen) atoms. The van der Waals surface area contributed by atoms with Gasteiger partial charge in [-0.3, -0.25) is 14.5 Å². The Bertz CT molecular complexity index is 1500. The van der Waals surface area contributed by atoms with Gasteiger partial charge < -0.3 is 39.4 Å². The third-order valence-corrected chi connectivity index (χ3v) is 8.40. The Morgan fingerprint density at radius 1 is 1.11 bits per heavy atom. The van der Waals surface area contributed by atoms with Gasteiger partial charge >= 0.3 is 0 Å². The number of nitrogens with one attached hydrogen (secondary N) is 2. The fraction of sp³-hybridized carbons (Fsp3) is 0.516. The van der Waals surface area contributed by atoms with Crippen molar-refractivity contribution in [3.05, 3.63) is 58.9 Å². The smallest absolute Gasteiger partial charge is 0.270 e. The summed E-state index contributed by atoms with van der Waals surface area (Å²) >= 11 is 0. The van der Waals surface area contributed by atoms with Crippen molar-refractivity contribution in [2.45, 2.75) is 45.6 Å². The van der Waals surface area contributed by atoms with E-state index in [2.05, 4.69) is 42.6 Å². The number of anilines is 2. The van der Waals surface area contributed by atoms with Crippen molar-refractivity contribution in [3.8, 4) is 5.75 Å². The number of hydrogen-bond donors (Lipinski definition) is 3. The molecule has 1 atom stereocenters. The van der Waals surface area contributed by atoms with Crippen molar-refractivity contribution in [1.82, 2.24) is 30.1 Å². The molecule has 2 fully saturated rings. The first-order valence-corrected chi connectivity index (χ1v) is 15.4. The van der Waals surface area contributed by atoms with Gasteiger partial charge in [-0.05, 0) is 36.6 Å². The van der Waals surface area contributed by atoms with Gasteiger partial charge in [0.05, 0.1) is 31.1 Å². The second-order valence-corrected chi connectivity index (χ2v) is 11.7. The maximum absolute atomic E-state index is 13.2. The van der Waals surface area contributed by atoms with Crippen LogP contribution >= 0.6 is 0 Å². The molecule has 14 nitrogen and oxygen atoms in total. The highest BCUT2D eigenvalue weighted by atomic mass is 16.5. The van der Waals surface area contributed by atoms with Crippen molar-refractivity contribution < 1.29 is 28.6 Å². The maximum Gasteiger partial charge on any atom is 0.270 e. The van der Waals surface area contributed by atoms with E-state index in [0.29, 0.717) is 76.6 Å². The molecule has 3 aliphatic rings. The summed E-state index contributed by atoms with van der Waals surface area (Å²) in [5.74, 6) is 2.13. The first-order chi connectivity index (χ1) is 21.8. The molecule has 6 rings (SSSR count).